The third kappa shape index (κ3) is 47.0. The molecule has 100 heavy (non-hydrogen) atoms. The van der Waals surface area contributed by atoms with Gasteiger partial charge in [-0.2, -0.15) is 30.5 Å². The molecule has 1 fully saturated rings. The standard InChI is InChI=1S/C12H10O4S2.C11H12O4S.C8H16O4S.C7H14O.C6H12O4S.C4H6N2O3S.C4H7NO4S.C2H6O3S.2C2H6.2CH4.CH2.V/c13-17(14,11-7-3-1-4-8-11)18(15,16)12-9-5-2-6-10-12;1-14-16(13)15-10-7-6-8-4-2-3-5-9(8)11(10)12;1-6(9)8(3,4)7(2)12-13(10)11-5;1-5-7(3,4)6(2)8;1-5(7)6(2,3)10-11(8)9-4;1-4(3-5)6-9-10(7)8-2;1-8-10(7)9-5-3-2-4(5)6;1-4-6(3)5-2;2*1-2;;;;/h1-10H;2-5,10H,6-7H2,1H3;7H,1-5H3;5H2,1-4H3;1-4H3;1-2H3;2-3H2,1H3;1-2H3;2*1-2H3;2*1H4;1H2;/b;;;;;6-4-;;;;;;;;. The van der Waals surface area contributed by atoms with Gasteiger partial charge in [-0.25, -0.2) is 21.9 Å². The van der Waals surface area contributed by atoms with Gasteiger partial charge in [0.2, 0.25) is 5.91 Å². The van der Waals surface area contributed by atoms with Crippen LogP contribution in [-0.4, -0.2) is 161 Å². The number of hydrogen-bond acceptors (Lipinski definition) is 29. The van der Waals surface area contributed by atoms with E-state index in [2.05, 4.69) is 65.2 Å². The van der Waals surface area contributed by atoms with Gasteiger partial charge in [0, 0.05) is 17.4 Å². The Labute approximate surface area is 618 Å². The number of aryl methyl sites for hydroxylation is 1. The van der Waals surface area contributed by atoms with Crippen LogP contribution in [0.25, 0.3) is 0 Å². The van der Waals surface area contributed by atoms with Crippen LogP contribution >= 0.6 is 0 Å². The summed E-state index contributed by atoms with van der Waals surface area (Å²) in [5, 5.41) is 15.5. The molecule has 7 unspecified atom stereocenters. The fourth-order valence-corrected chi connectivity index (χ4v) is 10.9. The van der Waals surface area contributed by atoms with Crippen molar-refractivity contribution >= 4 is 126 Å². The van der Waals surface area contributed by atoms with E-state index in [4.69, 9.17) is 17.8 Å². The molecule has 0 spiro atoms. The van der Waals surface area contributed by atoms with Crippen LogP contribution in [0.2, 0.25) is 0 Å². The number of fused-ring (bicyclic) bond motifs is 1. The van der Waals surface area contributed by atoms with Crippen LogP contribution in [0.5, 0.6) is 0 Å². The van der Waals surface area contributed by atoms with E-state index in [0.29, 0.717) is 24.9 Å². The van der Waals surface area contributed by atoms with E-state index < -0.39 is 109 Å². The van der Waals surface area contributed by atoms with Crippen LogP contribution in [0, 0.1) is 22.2 Å². The van der Waals surface area contributed by atoms with Crippen molar-refractivity contribution in [3.05, 3.63) is 96.1 Å². The van der Waals surface area contributed by atoms with E-state index in [9.17, 15) is 66.1 Å². The van der Waals surface area contributed by atoms with Gasteiger partial charge >= 0.3 is 90.4 Å². The van der Waals surface area contributed by atoms with Crippen molar-refractivity contribution in [3.63, 3.8) is 0 Å². The molecule has 1 aliphatic carbocycles. The molecule has 1 amide bonds. The Morgan fingerprint density at radius 2 is 1.01 bits per heavy atom. The predicted molar refractivity (Wildman–Crippen MR) is 385 cm³/mol. The number of carbonyl (C=O) groups excluding carboxylic acids is 5. The van der Waals surface area contributed by atoms with E-state index in [1.807, 2.05) is 66.7 Å². The number of nitrogens with zero attached hydrogens (tertiary/aromatic N) is 3. The Kier molecular flexibility index (Phi) is 69.1. The molecule has 1 aliphatic heterocycles. The summed E-state index contributed by atoms with van der Waals surface area (Å²) in [5.74, 6) is -0.200. The van der Waals surface area contributed by atoms with Gasteiger partial charge in [0.05, 0.1) is 77.6 Å². The summed E-state index contributed by atoms with van der Waals surface area (Å²) >= 11 is -8.63. The molecule has 579 valence electrons. The van der Waals surface area contributed by atoms with Gasteiger partial charge in [-0.3, -0.25) is 70.1 Å². The summed E-state index contributed by atoms with van der Waals surface area (Å²) in [6.07, 6.45) is 1.60. The van der Waals surface area contributed by atoms with Gasteiger partial charge in [0.25, 0.3) is 17.7 Å². The zero-order valence-electron chi connectivity index (χ0n) is 59.6. The Morgan fingerprint density at radius 1 is 0.610 bits per heavy atom. The van der Waals surface area contributed by atoms with Gasteiger partial charge in [-0.05, 0) is 97.6 Å². The number of nitriles is 1. The molecule has 1 saturated heterocycles. The van der Waals surface area contributed by atoms with Crippen LogP contribution in [0.15, 0.2) is 99.9 Å². The van der Waals surface area contributed by atoms with Crippen molar-refractivity contribution in [2.75, 3.05) is 56.3 Å². The zero-order valence-corrected chi connectivity index (χ0v) is 67.5. The van der Waals surface area contributed by atoms with E-state index in [-0.39, 0.29) is 64.8 Å². The molecule has 0 radical (unpaired) electrons. The zero-order chi connectivity index (χ0) is 77.8. The first-order chi connectivity index (χ1) is 45.6. The van der Waals surface area contributed by atoms with E-state index in [1.54, 1.807) is 52.0 Å². The molecule has 5 rings (SSSR count). The number of oxime groups is 1. The number of hydroxylamine groups is 2. The van der Waals surface area contributed by atoms with Gasteiger partial charge in [-0.1, -0.05) is 143 Å². The maximum absolute atomic E-state index is 12.1. The number of ketones is 4. The number of rotatable bonds is 25. The summed E-state index contributed by atoms with van der Waals surface area (Å²) in [7, 11) is 0.00874. The second-order valence-corrected chi connectivity index (χ2v) is 30.2. The van der Waals surface area contributed by atoms with E-state index in [0.717, 1.165) is 23.5 Å². The minimum atomic E-state index is -4.42. The van der Waals surface area contributed by atoms with Crippen molar-refractivity contribution < 1.29 is 133 Å². The summed E-state index contributed by atoms with van der Waals surface area (Å²) in [6.45, 7) is 28.6. The van der Waals surface area contributed by atoms with Gasteiger partial charge in [-0.15, -0.1) is 4.28 Å². The van der Waals surface area contributed by atoms with Crippen molar-refractivity contribution in [2.24, 2.45) is 16.0 Å². The Bertz CT molecular complexity index is 3190. The average Bonchev–Trinajstić information content (AvgIpc) is 0.777. The number of amides is 1. The summed E-state index contributed by atoms with van der Waals surface area (Å²) in [6, 6.07) is 23.3. The van der Waals surface area contributed by atoms with Crippen molar-refractivity contribution in [1.82, 2.24) is 5.06 Å². The first-order valence-electron chi connectivity index (χ1n) is 28.7. The Balaban J connectivity index is -0.000000162. The van der Waals surface area contributed by atoms with Crippen LogP contribution in [-0.2, 0) is 179 Å². The monoisotopic (exact) mass is 1620 g/mol. The third-order valence-corrected chi connectivity index (χ3v) is 21.2. The molecule has 2 aliphatic rings. The van der Waals surface area contributed by atoms with Crippen LogP contribution < -0.4 is 0 Å². The molecule has 39 heteroatoms. The third-order valence-electron chi connectivity index (χ3n) is 12.2. The normalized spacial score (nSPS) is 14.5. The molecule has 1 heterocycles. The van der Waals surface area contributed by atoms with E-state index >= 15 is 0 Å². The number of hydrogen-bond donors (Lipinski definition) is 0. The molecule has 30 nitrogen and oxygen atoms in total. The summed E-state index contributed by atoms with van der Waals surface area (Å²) < 4.78 is 165. The molecule has 0 bridgehead atoms. The molecule has 7 atom stereocenters. The molecular weight excluding hydrogens is 1510 g/mol. The van der Waals surface area contributed by atoms with Crippen LogP contribution in [0.3, 0.4) is 0 Å². The Morgan fingerprint density at radius 3 is 1.32 bits per heavy atom. The molecule has 0 N–H and O–H groups in total. The molecule has 0 saturated carbocycles. The predicted octanol–water partition coefficient (Wildman–Crippen LogP) is 9.76. The van der Waals surface area contributed by atoms with E-state index in [1.165, 1.54) is 133 Å². The number of carbonyl (C=O) groups is 5. The maximum atomic E-state index is 12.1. The molecule has 3 aromatic carbocycles. The fourth-order valence-electron chi connectivity index (χ4n) is 4.98. The van der Waals surface area contributed by atoms with Crippen LogP contribution in [0.4, 0.5) is 0 Å². The van der Waals surface area contributed by atoms with Gasteiger partial charge < -0.3 is 0 Å². The van der Waals surface area contributed by atoms with Gasteiger partial charge in [0.1, 0.15) is 29.3 Å². The summed E-state index contributed by atoms with van der Waals surface area (Å²) in [5.41, 5.74) is -0.0116. The molecule has 0 aromatic heterocycles. The Hall–Kier alpha value is -4.42. The topological polar surface area (TPSA) is 406 Å². The molecular formula is C61H105N3O27S8V. The number of Topliss-reactive ketones (excluding diaryl/α,β-unsaturated/α-hetero) is 4. The first-order valence-corrected chi connectivity index (χ1v) is 39.2. The second kappa shape index (κ2) is 62.0. The fraction of sp³-hybridized carbons (Fsp3) is 0.574. The molecule has 3 aromatic rings. The first kappa shape index (κ1) is 111. The quantitative estimate of drug-likeness (QED) is 0.0329. The average molecular weight is 1620 g/mol. The summed E-state index contributed by atoms with van der Waals surface area (Å²) in [4.78, 5) is 54.6. The van der Waals surface area contributed by atoms with Crippen molar-refractivity contribution in [2.45, 2.75) is 179 Å². The van der Waals surface area contributed by atoms with Gasteiger partial charge in [0.15, 0.2) is 17.3 Å². The number of β-lactam (4-membered cyclic amide) rings is 1. The van der Waals surface area contributed by atoms with Crippen molar-refractivity contribution in [3.8, 4) is 6.07 Å². The van der Waals surface area contributed by atoms with Crippen molar-refractivity contribution in [1.29, 1.82) is 5.26 Å². The minimum absolute atomic E-state index is 0. The number of benzene rings is 3. The SMILES string of the molecule is C.C.CC.CC.CCC(C)(C)C(C)=O.COS(=O)O/N=C(/C)C#N.COS(=O)OC.COS(=O)OC(C)(C)C(C)=O.COS(=O)OC(C)C(C)(C)C(C)=O.COS(=O)OC1CCc2ccccc2C1=O.COS(=O)ON1CCC1=O.O=S(=O)(c1ccccc1)S(=O)(=O)c1ccccc1.[CH2]=[V]. The second-order valence-electron chi connectivity index (χ2n) is 19.2. The van der Waals surface area contributed by atoms with Crippen LogP contribution in [0.1, 0.15) is 161 Å².